The minimum Gasteiger partial charge on any atom is -0.294 e. The second kappa shape index (κ2) is 6.08. The van der Waals surface area contributed by atoms with Gasteiger partial charge in [-0.2, -0.15) is 5.10 Å². The van der Waals surface area contributed by atoms with Crippen LogP contribution in [0.2, 0.25) is 5.02 Å². The Morgan fingerprint density at radius 3 is 2.44 bits per heavy atom. The summed E-state index contributed by atoms with van der Waals surface area (Å²) in [6.45, 7) is 3.85. The van der Waals surface area contributed by atoms with Crippen LogP contribution in [0.3, 0.4) is 0 Å². The van der Waals surface area contributed by atoms with E-state index >= 15 is 0 Å². The predicted octanol–water partition coefficient (Wildman–Crippen LogP) is 3.85. The van der Waals surface area contributed by atoms with Crippen LogP contribution in [-0.4, -0.2) is 25.5 Å². The Bertz CT molecular complexity index is 942. The maximum atomic E-state index is 12.6. The van der Waals surface area contributed by atoms with Crippen molar-refractivity contribution < 1.29 is 4.79 Å². The van der Waals surface area contributed by atoms with Crippen molar-refractivity contribution in [2.75, 3.05) is 0 Å². The Kier molecular flexibility index (Phi) is 3.88. The van der Waals surface area contributed by atoms with Crippen LogP contribution in [0.5, 0.6) is 0 Å². The monoisotopic (exact) mass is 352 g/mol. The first-order valence-corrected chi connectivity index (χ1v) is 8.57. The summed E-state index contributed by atoms with van der Waals surface area (Å²) in [7, 11) is 0. The molecule has 25 heavy (non-hydrogen) atoms. The minimum atomic E-state index is 0.108. The summed E-state index contributed by atoms with van der Waals surface area (Å²) < 4.78 is 1.70. The molecule has 6 heteroatoms. The van der Waals surface area contributed by atoms with E-state index in [1.165, 1.54) is 0 Å². The van der Waals surface area contributed by atoms with Gasteiger partial charge in [0, 0.05) is 22.8 Å². The molecule has 1 aliphatic carbocycles. The van der Waals surface area contributed by atoms with Crippen molar-refractivity contribution in [1.82, 2.24) is 19.7 Å². The molecule has 126 valence electrons. The number of ketones is 1. The first-order valence-electron chi connectivity index (χ1n) is 8.19. The lowest BCUT2D eigenvalue weighted by molar-refractivity contribution is 0.0963. The highest BCUT2D eigenvalue weighted by atomic mass is 35.5. The molecule has 0 saturated carbocycles. The zero-order chi connectivity index (χ0) is 17.6. The van der Waals surface area contributed by atoms with Gasteiger partial charge >= 0.3 is 0 Å². The summed E-state index contributed by atoms with van der Waals surface area (Å²) in [5, 5.41) is 5.09. The standard InChI is InChI=1S/C19H17ClN4O/c1-11-7-12(2)23-19(22-11)24-17-8-14(9-18(25)16(17)10-21-24)13-3-5-15(20)6-4-13/h3-7,10,14H,8-9H2,1-2H3/t14-/m0/s1. The number of aryl methyl sites for hydroxylation is 2. The molecular weight excluding hydrogens is 336 g/mol. The van der Waals surface area contributed by atoms with Gasteiger partial charge in [-0.1, -0.05) is 23.7 Å². The van der Waals surface area contributed by atoms with Gasteiger partial charge in [-0.25, -0.2) is 14.6 Å². The Hall–Kier alpha value is -2.53. The topological polar surface area (TPSA) is 60.7 Å². The van der Waals surface area contributed by atoms with Gasteiger partial charge in [0.1, 0.15) is 0 Å². The number of hydrogen-bond acceptors (Lipinski definition) is 4. The molecule has 1 atom stereocenters. The molecule has 0 radical (unpaired) electrons. The van der Waals surface area contributed by atoms with E-state index in [0.29, 0.717) is 23.0 Å². The Morgan fingerprint density at radius 2 is 1.76 bits per heavy atom. The molecule has 0 aliphatic heterocycles. The van der Waals surface area contributed by atoms with E-state index in [-0.39, 0.29) is 11.7 Å². The van der Waals surface area contributed by atoms with Gasteiger partial charge < -0.3 is 0 Å². The van der Waals surface area contributed by atoms with Gasteiger partial charge in [0.05, 0.1) is 17.5 Å². The predicted molar refractivity (Wildman–Crippen MR) is 95.5 cm³/mol. The van der Waals surface area contributed by atoms with Crippen molar-refractivity contribution in [3.63, 3.8) is 0 Å². The third kappa shape index (κ3) is 2.96. The van der Waals surface area contributed by atoms with Crippen LogP contribution in [0, 0.1) is 13.8 Å². The van der Waals surface area contributed by atoms with Gasteiger partial charge in [0.2, 0.25) is 0 Å². The van der Waals surface area contributed by atoms with Crippen LogP contribution in [0.1, 0.15) is 45.3 Å². The van der Waals surface area contributed by atoms with Crippen molar-refractivity contribution in [2.24, 2.45) is 0 Å². The average Bonchev–Trinajstić information content (AvgIpc) is 2.99. The van der Waals surface area contributed by atoms with E-state index in [0.717, 1.165) is 29.1 Å². The molecule has 0 bridgehead atoms. The largest absolute Gasteiger partial charge is 0.294 e. The molecule has 1 aliphatic rings. The third-order valence-electron chi connectivity index (χ3n) is 4.54. The van der Waals surface area contributed by atoms with Crippen molar-refractivity contribution in [1.29, 1.82) is 0 Å². The van der Waals surface area contributed by atoms with Gasteiger partial charge in [-0.05, 0) is 49.9 Å². The van der Waals surface area contributed by atoms with Gasteiger partial charge in [0.25, 0.3) is 5.95 Å². The van der Waals surface area contributed by atoms with Crippen molar-refractivity contribution in [2.45, 2.75) is 32.6 Å². The number of nitrogens with zero attached hydrogens (tertiary/aromatic N) is 4. The highest BCUT2D eigenvalue weighted by Crippen LogP contribution is 2.33. The second-order valence-corrected chi connectivity index (χ2v) is 6.88. The number of fused-ring (bicyclic) bond motifs is 1. The molecule has 0 saturated heterocycles. The molecule has 0 spiro atoms. The summed E-state index contributed by atoms with van der Waals surface area (Å²) in [4.78, 5) is 21.6. The van der Waals surface area contributed by atoms with Crippen molar-refractivity contribution in [3.8, 4) is 5.95 Å². The van der Waals surface area contributed by atoms with E-state index in [1.54, 1.807) is 10.9 Å². The molecule has 2 heterocycles. The van der Waals surface area contributed by atoms with Crippen LogP contribution >= 0.6 is 11.6 Å². The zero-order valence-corrected chi connectivity index (χ0v) is 14.8. The van der Waals surface area contributed by atoms with Crippen LogP contribution in [0.4, 0.5) is 0 Å². The number of carbonyl (C=O) groups excluding carboxylic acids is 1. The molecule has 0 N–H and O–H groups in total. The lowest BCUT2D eigenvalue weighted by atomic mass is 9.82. The first kappa shape index (κ1) is 16.0. The number of benzene rings is 1. The van der Waals surface area contributed by atoms with Crippen molar-refractivity contribution >= 4 is 17.4 Å². The molecule has 0 amide bonds. The molecule has 2 aromatic heterocycles. The van der Waals surface area contributed by atoms with Crippen molar-refractivity contribution in [3.05, 3.63) is 69.8 Å². The SMILES string of the molecule is Cc1cc(C)nc(-n2ncc3c2C[C@H](c2ccc(Cl)cc2)CC3=O)n1. The Balaban J connectivity index is 1.76. The quantitative estimate of drug-likeness (QED) is 0.703. The fourth-order valence-corrected chi connectivity index (χ4v) is 3.51. The minimum absolute atomic E-state index is 0.108. The number of halogens is 1. The number of rotatable bonds is 2. The van der Waals surface area contributed by atoms with Gasteiger partial charge in [0.15, 0.2) is 5.78 Å². The highest BCUT2D eigenvalue weighted by molar-refractivity contribution is 6.30. The number of aromatic nitrogens is 4. The molecule has 0 fully saturated rings. The first-order chi connectivity index (χ1) is 12.0. The van der Waals surface area contributed by atoms with Crippen LogP contribution < -0.4 is 0 Å². The van der Waals surface area contributed by atoms with Crippen LogP contribution in [0.25, 0.3) is 5.95 Å². The molecule has 3 aromatic rings. The fraction of sp³-hybridized carbons (Fsp3) is 0.263. The Labute approximate surface area is 150 Å². The molecule has 4 rings (SSSR count). The lowest BCUT2D eigenvalue weighted by Gasteiger charge is -2.22. The summed E-state index contributed by atoms with van der Waals surface area (Å²) >= 11 is 5.98. The van der Waals surface area contributed by atoms with Crippen LogP contribution in [0.15, 0.2) is 36.5 Å². The highest BCUT2D eigenvalue weighted by Gasteiger charge is 2.30. The van der Waals surface area contributed by atoms with E-state index in [4.69, 9.17) is 11.6 Å². The maximum absolute atomic E-state index is 12.6. The van der Waals surface area contributed by atoms with Gasteiger partial charge in [-0.15, -0.1) is 0 Å². The smallest absolute Gasteiger partial charge is 0.251 e. The van der Waals surface area contributed by atoms with E-state index < -0.39 is 0 Å². The summed E-state index contributed by atoms with van der Waals surface area (Å²) in [5.41, 5.74) is 4.41. The fourth-order valence-electron chi connectivity index (χ4n) is 3.39. The van der Waals surface area contributed by atoms with Crippen LogP contribution in [-0.2, 0) is 6.42 Å². The lowest BCUT2D eigenvalue weighted by Crippen LogP contribution is -2.21. The third-order valence-corrected chi connectivity index (χ3v) is 4.79. The molecule has 1 aromatic carbocycles. The second-order valence-electron chi connectivity index (χ2n) is 6.45. The average molecular weight is 353 g/mol. The zero-order valence-electron chi connectivity index (χ0n) is 14.0. The molecule has 5 nitrogen and oxygen atoms in total. The summed E-state index contributed by atoms with van der Waals surface area (Å²) in [6, 6.07) is 9.61. The molecule has 0 unspecified atom stereocenters. The molecular formula is C19H17ClN4O. The van der Waals surface area contributed by atoms with E-state index in [1.807, 2.05) is 44.2 Å². The number of carbonyl (C=O) groups is 1. The summed E-state index contributed by atoms with van der Waals surface area (Å²) in [5.74, 6) is 0.735. The maximum Gasteiger partial charge on any atom is 0.251 e. The summed E-state index contributed by atoms with van der Waals surface area (Å²) in [6.07, 6.45) is 2.84. The van der Waals surface area contributed by atoms with Gasteiger partial charge in [-0.3, -0.25) is 4.79 Å². The normalized spacial score (nSPS) is 16.8. The van der Waals surface area contributed by atoms with E-state index in [9.17, 15) is 4.79 Å². The Morgan fingerprint density at radius 1 is 1.08 bits per heavy atom. The number of hydrogen-bond donors (Lipinski definition) is 0. The number of Topliss-reactive ketones (excluding diaryl/α,β-unsaturated/α-hetero) is 1. The van der Waals surface area contributed by atoms with E-state index in [2.05, 4.69) is 15.1 Å².